The number of fused-ring (bicyclic) bond motifs is 3. The van der Waals surface area contributed by atoms with Crippen molar-refractivity contribution in [1.29, 1.82) is 0 Å². The van der Waals surface area contributed by atoms with Crippen LogP contribution in [0.15, 0.2) is 72.8 Å². The Morgan fingerprint density at radius 2 is 1.46 bits per heavy atom. The summed E-state index contributed by atoms with van der Waals surface area (Å²) < 4.78 is 5.58. The van der Waals surface area contributed by atoms with E-state index in [0.717, 1.165) is 27.8 Å². The number of hydrogen-bond donors (Lipinski definition) is 3. The molecule has 0 aliphatic heterocycles. The number of amides is 2. The van der Waals surface area contributed by atoms with Gasteiger partial charge >= 0.3 is 12.1 Å². The molecule has 1 aliphatic rings. The van der Waals surface area contributed by atoms with Crippen LogP contribution in [0.4, 0.5) is 4.79 Å². The van der Waals surface area contributed by atoms with E-state index >= 15 is 0 Å². The van der Waals surface area contributed by atoms with Gasteiger partial charge in [0, 0.05) is 12.5 Å². The number of carbonyl (C=O) groups is 3. The molecule has 7 nitrogen and oxygen atoms in total. The van der Waals surface area contributed by atoms with Crippen LogP contribution in [0.1, 0.15) is 41.5 Å². The van der Waals surface area contributed by atoms with Crippen LogP contribution in [0.5, 0.6) is 0 Å². The van der Waals surface area contributed by atoms with Gasteiger partial charge in [0.2, 0.25) is 5.91 Å². The van der Waals surface area contributed by atoms with Gasteiger partial charge in [0.15, 0.2) is 0 Å². The first-order valence-corrected chi connectivity index (χ1v) is 11.7. The fraction of sp³-hybridized carbons (Fsp3) is 0.250. The highest BCUT2D eigenvalue weighted by molar-refractivity contribution is 5.85. The van der Waals surface area contributed by atoms with Crippen molar-refractivity contribution in [2.75, 3.05) is 6.61 Å². The Kier molecular flexibility index (Phi) is 7.45. The number of hydrogen-bond acceptors (Lipinski definition) is 4. The summed E-state index contributed by atoms with van der Waals surface area (Å²) in [5.41, 5.74) is 6.09. The van der Waals surface area contributed by atoms with Crippen molar-refractivity contribution in [3.8, 4) is 11.1 Å². The molecule has 7 heteroatoms. The Labute approximate surface area is 204 Å². The van der Waals surface area contributed by atoms with Crippen LogP contribution in [0.25, 0.3) is 11.1 Å². The first kappa shape index (κ1) is 24.0. The third kappa shape index (κ3) is 5.51. The maximum absolute atomic E-state index is 12.5. The van der Waals surface area contributed by atoms with Crippen molar-refractivity contribution in [2.24, 2.45) is 0 Å². The number of carboxylic acid groups (broad SMARTS) is 1. The van der Waals surface area contributed by atoms with Crippen molar-refractivity contribution in [3.63, 3.8) is 0 Å². The van der Waals surface area contributed by atoms with Gasteiger partial charge in [0.05, 0.1) is 6.42 Å². The monoisotopic (exact) mass is 472 g/mol. The lowest BCUT2D eigenvalue weighted by atomic mass is 9.98. The summed E-state index contributed by atoms with van der Waals surface area (Å²) in [4.78, 5) is 36.0. The predicted octanol–water partition coefficient (Wildman–Crippen LogP) is 4.25. The highest BCUT2D eigenvalue weighted by Gasteiger charge is 2.29. The largest absolute Gasteiger partial charge is 0.480 e. The molecule has 1 aliphatic carbocycles. The number of nitrogens with one attached hydrogen (secondary N) is 2. The molecule has 0 unspecified atom stereocenters. The van der Waals surface area contributed by atoms with E-state index in [2.05, 4.69) is 34.9 Å². The highest BCUT2D eigenvalue weighted by atomic mass is 16.5. The number of benzene rings is 3. The van der Waals surface area contributed by atoms with Crippen LogP contribution in [0.3, 0.4) is 0 Å². The van der Waals surface area contributed by atoms with E-state index in [4.69, 9.17) is 9.84 Å². The van der Waals surface area contributed by atoms with Gasteiger partial charge in [-0.3, -0.25) is 4.79 Å². The lowest BCUT2D eigenvalue weighted by Gasteiger charge is -2.16. The summed E-state index contributed by atoms with van der Waals surface area (Å²) in [6, 6.07) is 22.6. The van der Waals surface area contributed by atoms with Crippen LogP contribution >= 0.6 is 0 Å². The first-order valence-electron chi connectivity index (χ1n) is 11.7. The molecule has 1 atom stereocenters. The first-order chi connectivity index (χ1) is 17.0. The minimum Gasteiger partial charge on any atom is -0.480 e. The Balaban J connectivity index is 1.35. The zero-order valence-corrected chi connectivity index (χ0v) is 19.5. The number of rotatable bonds is 9. The predicted molar refractivity (Wildman–Crippen MR) is 132 cm³/mol. The quantitative estimate of drug-likeness (QED) is 0.432. The molecule has 3 aromatic carbocycles. The second-order valence-electron chi connectivity index (χ2n) is 8.49. The molecular formula is C28H28N2O5. The Bertz CT molecular complexity index is 1190. The third-order valence-corrected chi connectivity index (χ3v) is 6.28. The SMILES string of the molecule is CC[C@H](NC(=O)Cc1ccccc1CNC(=O)OCC1c2ccccc2-c2ccccc21)C(=O)O. The van der Waals surface area contributed by atoms with Crippen molar-refractivity contribution in [3.05, 3.63) is 95.1 Å². The van der Waals surface area contributed by atoms with Crippen LogP contribution < -0.4 is 10.6 Å². The minimum atomic E-state index is -1.06. The molecular weight excluding hydrogens is 444 g/mol. The number of aliphatic carboxylic acids is 1. The molecule has 0 bridgehead atoms. The number of carbonyl (C=O) groups excluding carboxylic acids is 2. The van der Waals surface area contributed by atoms with Crippen LogP contribution in [0.2, 0.25) is 0 Å². The normalized spacial score (nSPS) is 12.8. The number of carboxylic acids is 1. The van der Waals surface area contributed by atoms with Gasteiger partial charge in [0.1, 0.15) is 12.6 Å². The van der Waals surface area contributed by atoms with Crippen LogP contribution in [-0.2, 0) is 27.3 Å². The zero-order chi connectivity index (χ0) is 24.8. The van der Waals surface area contributed by atoms with Gasteiger partial charge in [-0.1, -0.05) is 79.7 Å². The molecule has 0 radical (unpaired) electrons. The fourth-order valence-corrected chi connectivity index (χ4v) is 4.48. The zero-order valence-electron chi connectivity index (χ0n) is 19.5. The van der Waals surface area contributed by atoms with E-state index in [9.17, 15) is 14.4 Å². The standard InChI is InChI=1S/C28H28N2O5/c1-2-25(27(32)33)30-26(31)15-18-9-3-4-10-19(18)16-29-28(34)35-17-24-22-13-7-5-11-20(22)21-12-6-8-14-23(21)24/h3-14,24-25H,2,15-17H2,1H3,(H,29,34)(H,30,31)(H,32,33)/t25-/m0/s1. The maximum Gasteiger partial charge on any atom is 0.407 e. The molecule has 0 aromatic heterocycles. The van der Waals surface area contributed by atoms with E-state index in [-0.39, 0.29) is 31.4 Å². The minimum absolute atomic E-state index is 0.0202. The molecule has 0 spiro atoms. The molecule has 0 saturated heterocycles. The third-order valence-electron chi connectivity index (χ3n) is 6.28. The average molecular weight is 473 g/mol. The highest BCUT2D eigenvalue weighted by Crippen LogP contribution is 2.44. The second-order valence-corrected chi connectivity index (χ2v) is 8.49. The topological polar surface area (TPSA) is 105 Å². The van der Waals surface area contributed by atoms with Crippen LogP contribution in [-0.4, -0.2) is 35.7 Å². The molecule has 4 rings (SSSR count). The fourth-order valence-electron chi connectivity index (χ4n) is 4.48. The van der Waals surface area contributed by atoms with E-state index in [1.165, 1.54) is 0 Å². The maximum atomic E-state index is 12.5. The molecule has 0 heterocycles. The molecule has 2 amide bonds. The molecule has 0 saturated carbocycles. The van der Waals surface area contributed by atoms with Gasteiger partial charge in [0.25, 0.3) is 0 Å². The molecule has 180 valence electrons. The molecule has 3 aromatic rings. The Morgan fingerprint density at radius 3 is 2.06 bits per heavy atom. The van der Waals surface area contributed by atoms with Crippen LogP contribution in [0, 0.1) is 0 Å². The van der Waals surface area contributed by atoms with Gasteiger partial charge in [-0.25, -0.2) is 9.59 Å². The molecule has 35 heavy (non-hydrogen) atoms. The van der Waals surface area contributed by atoms with Crippen molar-refractivity contribution < 1.29 is 24.2 Å². The Morgan fingerprint density at radius 1 is 0.886 bits per heavy atom. The summed E-state index contributed by atoms with van der Waals surface area (Å²) in [6.07, 6.45) is -0.221. The van der Waals surface area contributed by atoms with Gasteiger partial charge in [-0.2, -0.15) is 0 Å². The number of ether oxygens (including phenoxy) is 1. The summed E-state index contributed by atoms with van der Waals surface area (Å²) in [6.45, 7) is 2.11. The average Bonchev–Trinajstić information content (AvgIpc) is 3.19. The van der Waals surface area contributed by atoms with Crippen molar-refractivity contribution in [1.82, 2.24) is 10.6 Å². The van der Waals surface area contributed by atoms with Gasteiger partial charge in [-0.05, 0) is 39.8 Å². The lowest BCUT2D eigenvalue weighted by molar-refractivity contribution is -0.141. The summed E-state index contributed by atoms with van der Waals surface area (Å²) in [5.74, 6) is -1.47. The van der Waals surface area contributed by atoms with Gasteiger partial charge < -0.3 is 20.5 Å². The van der Waals surface area contributed by atoms with E-state index < -0.39 is 18.1 Å². The molecule has 3 N–H and O–H groups in total. The molecule has 0 fully saturated rings. The Hall–Kier alpha value is -4.13. The van der Waals surface area contributed by atoms with Crippen molar-refractivity contribution >= 4 is 18.0 Å². The number of alkyl carbamates (subject to hydrolysis) is 1. The summed E-state index contributed by atoms with van der Waals surface area (Å²) >= 11 is 0. The van der Waals surface area contributed by atoms with Crippen molar-refractivity contribution in [2.45, 2.75) is 38.3 Å². The van der Waals surface area contributed by atoms with E-state index in [1.807, 2.05) is 36.4 Å². The second kappa shape index (κ2) is 10.9. The van der Waals surface area contributed by atoms with E-state index in [0.29, 0.717) is 12.0 Å². The smallest absolute Gasteiger partial charge is 0.407 e. The van der Waals surface area contributed by atoms with Gasteiger partial charge in [-0.15, -0.1) is 0 Å². The summed E-state index contributed by atoms with van der Waals surface area (Å²) in [5, 5.41) is 14.4. The summed E-state index contributed by atoms with van der Waals surface area (Å²) in [7, 11) is 0. The van der Waals surface area contributed by atoms with E-state index in [1.54, 1.807) is 19.1 Å². The lowest BCUT2D eigenvalue weighted by Crippen LogP contribution is -2.41.